The van der Waals surface area contributed by atoms with Crippen molar-refractivity contribution < 1.29 is 23.8 Å². The molecule has 0 spiro atoms. The molecule has 0 fully saturated rings. The van der Waals surface area contributed by atoms with E-state index in [9.17, 15) is 5.11 Å². The van der Waals surface area contributed by atoms with E-state index in [1.807, 2.05) is 6.92 Å². The van der Waals surface area contributed by atoms with Crippen molar-refractivity contribution >= 4 is 0 Å². The van der Waals surface area contributed by atoms with E-state index in [2.05, 4.69) is 10.1 Å². The lowest BCUT2D eigenvalue weighted by molar-refractivity contribution is 0.159. The molecule has 0 radical (unpaired) electrons. The van der Waals surface area contributed by atoms with Gasteiger partial charge in [-0.25, -0.2) is 0 Å². The molecule has 0 aliphatic rings. The Morgan fingerprint density at radius 1 is 1.10 bits per heavy atom. The van der Waals surface area contributed by atoms with Gasteiger partial charge in [0.15, 0.2) is 11.5 Å². The van der Waals surface area contributed by atoms with E-state index in [0.29, 0.717) is 29.2 Å². The molecule has 2 aromatic rings. The van der Waals surface area contributed by atoms with Crippen LogP contribution in [0.3, 0.4) is 0 Å². The van der Waals surface area contributed by atoms with Gasteiger partial charge >= 0.3 is 0 Å². The fraction of sp³-hybridized carbons (Fsp3) is 0.429. The van der Waals surface area contributed by atoms with Gasteiger partial charge in [-0.2, -0.15) is 4.98 Å². The molecule has 1 atom stereocenters. The summed E-state index contributed by atoms with van der Waals surface area (Å²) < 4.78 is 21.0. The summed E-state index contributed by atoms with van der Waals surface area (Å²) in [5, 5.41) is 13.5. The summed E-state index contributed by atoms with van der Waals surface area (Å²) in [6, 6.07) is 3.36. The highest BCUT2D eigenvalue weighted by molar-refractivity contribution is 5.68. The van der Waals surface area contributed by atoms with Gasteiger partial charge in [0, 0.05) is 12.1 Å². The highest BCUT2D eigenvalue weighted by Gasteiger charge is 2.20. The smallest absolute Gasteiger partial charge is 0.261 e. The zero-order chi connectivity index (χ0) is 15.4. The lowest BCUT2D eigenvalue weighted by atomic mass is 10.1. The van der Waals surface area contributed by atoms with Gasteiger partial charge in [0.1, 0.15) is 11.9 Å². The predicted molar refractivity (Wildman–Crippen MR) is 74.6 cm³/mol. The number of hydrogen-bond donors (Lipinski definition) is 1. The lowest BCUT2D eigenvalue weighted by Crippen LogP contribution is -1.98. The Morgan fingerprint density at radius 2 is 1.71 bits per heavy atom. The Labute approximate surface area is 122 Å². The van der Waals surface area contributed by atoms with Crippen LogP contribution in [0.25, 0.3) is 11.5 Å². The number of rotatable bonds is 6. The van der Waals surface area contributed by atoms with E-state index in [0.717, 1.165) is 0 Å². The average Bonchev–Trinajstić information content (AvgIpc) is 3.02. The van der Waals surface area contributed by atoms with E-state index in [1.54, 1.807) is 19.2 Å². The molecule has 21 heavy (non-hydrogen) atoms. The van der Waals surface area contributed by atoms with Crippen molar-refractivity contribution in [2.75, 3.05) is 21.3 Å². The summed E-state index contributed by atoms with van der Waals surface area (Å²) in [7, 11) is 4.61. The topological polar surface area (TPSA) is 86.8 Å². The van der Waals surface area contributed by atoms with Crippen LogP contribution in [-0.4, -0.2) is 36.6 Å². The molecular formula is C14H18N2O5. The van der Waals surface area contributed by atoms with E-state index in [1.165, 1.54) is 14.2 Å². The first-order valence-electron chi connectivity index (χ1n) is 6.46. The second kappa shape index (κ2) is 6.45. The number of aromatic nitrogens is 2. The summed E-state index contributed by atoms with van der Waals surface area (Å²) in [4.78, 5) is 4.19. The first-order valence-corrected chi connectivity index (χ1v) is 6.46. The summed E-state index contributed by atoms with van der Waals surface area (Å²) in [5.74, 6) is 2.05. The number of ether oxygens (including phenoxy) is 3. The van der Waals surface area contributed by atoms with Crippen molar-refractivity contribution in [2.24, 2.45) is 0 Å². The monoisotopic (exact) mass is 294 g/mol. The molecule has 1 aromatic heterocycles. The van der Waals surface area contributed by atoms with Gasteiger partial charge in [-0.1, -0.05) is 12.1 Å². The minimum absolute atomic E-state index is 0.240. The zero-order valence-corrected chi connectivity index (χ0v) is 12.4. The van der Waals surface area contributed by atoms with Crippen LogP contribution in [0.5, 0.6) is 17.2 Å². The number of aliphatic hydroxyl groups excluding tert-OH is 1. The summed E-state index contributed by atoms with van der Waals surface area (Å²) in [6.07, 6.45) is -0.254. The molecule has 0 aliphatic carbocycles. The maximum atomic E-state index is 9.74. The van der Waals surface area contributed by atoms with Gasteiger partial charge in [-0.15, -0.1) is 0 Å². The van der Waals surface area contributed by atoms with E-state index >= 15 is 0 Å². The summed E-state index contributed by atoms with van der Waals surface area (Å²) in [5.41, 5.74) is 0.567. The maximum Gasteiger partial charge on any atom is 0.261 e. The summed E-state index contributed by atoms with van der Waals surface area (Å²) in [6.45, 7) is 1.83. The highest BCUT2D eigenvalue weighted by atomic mass is 16.5. The predicted octanol–water partition coefficient (Wildman–Crippen LogP) is 2.21. The Kier molecular flexibility index (Phi) is 4.64. The van der Waals surface area contributed by atoms with Gasteiger partial charge in [-0.05, 0) is 6.42 Å². The van der Waals surface area contributed by atoms with Crippen LogP contribution < -0.4 is 14.2 Å². The number of nitrogens with zero attached hydrogens (tertiary/aromatic N) is 2. The molecule has 2 rings (SSSR count). The zero-order valence-electron chi connectivity index (χ0n) is 12.4. The molecule has 0 amide bonds. The highest BCUT2D eigenvalue weighted by Crippen LogP contribution is 2.39. The number of hydrogen-bond acceptors (Lipinski definition) is 7. The fourth-order valence-corrected chi connectivity index (χ4v) is 1.86. The molecular weight excluding hydrogens is 276 g/mol. The van der Waals surface area contributed by atoms with Gasteiger partial charge in [0.05, 0.1) is 26.9 Å². The Hall–Kier alpha value is -2.28. The average molecular weight is 294 g/mol. The van der Waals surface area contributed by atoms with Gasteiger partial charge in [0.25, 0.3) is 5.89 Å². The fourth-order valence-electron chi connectivity index (χ4n) is 1.86. The van der Waals surface area contributed by atoms with Gasteiger partial charge in [0.2, 0.25) is 5.82 Å². The van der Waals surface area contributed by atoms with Gasteiger partial charge in [-0.3, -0.25) is 0 Å². The molecule has 0 aliphatic heterocycles. The maximum absolute atomic E-state index is 9.74. The van der Waals surface area contributed by atoms with E-state index in [-0.39, 0.29) is 11.7 Å². The Bertz CT molecular complexity index is 611. The van der Waals surface area contributed by atoms with Crippen molar-refractivity contribution in [3.63, 3.8) is 0 Å². The number of benzene rings is 1. The standard InChI is InChI=1S/C14H18N2O5/c1-5-9(17)13-15-14(21-16-13)8-6-11(19-3)12(20-4)7-10(8)18-2/h6-7,9,17H,5H2,1-4H3. The quantitative estimate of drug-likeness (QED) is 0.873. The van der Waals surface area contributed by atoms with Crippen molar-refractivity contribution in [2.45, 2.75) is 19.4 Å². The third-order valence-corrected chi connectivity index (χ3v) is 3.06. The number of methoxy groups -OCH3 is 3. The normalized spacial score (nSPS) is 12.0. The Balaban J connectivity index is 2.49. The molecule has 1 unspecified atom stereocenters. The van der Waals surface area contributed by atoms with Crippen LogP contribution >= 0.6 is 0 Å². The second-order valence-electron chi connectivity index (χ2n) is 4.29. The molecule has 1 heterocycles. The molecule has 7 nitrogen and oxygen atoms in total. The van der Waals surface area contributed by atoms with E-state index in [4.69, 9.17) is 18.7 Å². The first-order chi connectivity index (χ1) is 10.1. The number of aliphatic hydroxyl groups is 1. The van der Waals surface area contributed by atoms with Crippen LogP contribution in [0, 0.1) is 0 Å². The van der Waals surface area contributed by atoms with Crippen molar-refractivity contribution in [1.82, 2.24) is 10.1 Å². The van der Waals surface area contributed by atoms with Crippen molar-refractivity contribution in [1.29, 1.82) is 0 Å². The van der Waals surface area contributed by atoms with E-state index < -0.39 is 6.10 Å². The lowest BCUT2D eigenvalue weighted by Gasteiger charge is -2.11. The van der Waals surface area contributed by atoms with Crippen LogP contribution in [-0.2, 0) is 0 Å². The minimum atomic E-state index is -0.756. The minimum Gasteiger partial charge on any atom is -0.496 e. The molecule has 114 valence electrons. The second-order valence-corrected chi connectivity index (χ2v) is 4.29. The van der Waals surface area contributed by atoms with Crippen LogP contribution in [0.1, 0.15) is 25.3 Å². The summed E-state index contributed by atoms with van der Waals surface area (Å²) >= 11 is 0. The largest absolute Gasteiger partial charge is 0.496 e. The third-order valence-electron chi connectivity index (χ3n) is 3.06. The molecule has 7 heteroatoms. The first kappa shape index (κ1) is 15.1. The molecule has 0 bridgehead atoms. The van der Waals surface area contributed by atoms with Crippen LogP contribution in [0.4, 0.5) is 0 Å². The van der Waals surface area contributed by atoms with Crippen molar-refractivity contribution in [3.05, 3.63) is 18.0 Å². The van der Waals surface area contributed by atoms with Crippen LogP contribution in [0.2, 0.25) is 0 Å². The molecule has 0 saturated carbocycles. The van der Waals surface area contributed by atoms with Crippen molar-refractivity contribution in [3.8, 4) is 28.7 Å². The Morgan fingerprint density at radius 3 is 2.29 bits per heavy atom. The molecule has 1 aromatic carbocycles. The van der Waals surface area contributed by atoms with Gasteiger partial charge < -0.3 is 23.8 Å². The molecule has 1 N–H and O–H groups in total. The van der Waals surface area contributed by atoms with Crippen LogP contribution in [0.15, 0.2) is 16.7 Å². The molecule has 0 saturated heterocycles. The SMILES string of the molecule is CCC(O)c1noc(-c2cc(OC)c(OC)cc2OC)n1. The third kappa shape index (κ3) is 2.92.